The van der Waals surface area contributed by atoms with Gasteiger partial charge in [-0.15, -0.1) is 0 Å². The number of hydrogen-bond donors (Lipinski definition) is 4. The van der Waals surface area contributed by atoms with Crippen molar-refractivity contribution in [3.8, 4) is 11.5 Å². The Labute approximate surface area is 274 Å². The molecule has 1 aliphatic carbocycles. The Bertz CT molecular complexity index is 1810. The van der Waals surface area contributed by atoms with Crippen molar-refractivity contribution in [2.45, 2.75) is 50.6 Å². The molecule has 4 N–H and O–H groups in total. The lowest BCUT2D eigenvalue weighted by atomic mass is 9.85. The molecule has 1 aromatic heterocycles. The number of Topliss-reactive ketones (excluding diaryl/α,β-unsaturated/α-hetero) is 1. The lowest BCUT2D eigenvalue weighted by molar-refractivity contribution is 0.0927. The van der Waals surface area contributed by atoms with Crippen molar-refractivity contribution in [2.75, 3.05) is 33.1 Å². The normalized spacial score (nSPS) is 16.2. The summed E-state index contributed by atoms with van der Waals surface area (Å²) in [5.41, 5.74) is 4.36. The number of nitrogens with one attached hydrogen (secondary N) is 4. The molecule has 2 aliphatic rings. The first-order valence-corrected chi connectivity index (χ1v) is 16.1. The Balaban J connectivity index is 1.20. The highest BCUT2D eigenvalue weighted by Crippen LogP contribution is 2.40. The second-order valence-electron chi connectivity index (χ2n) is 12.4. The molecule has 10 heteroatoms. The fourth-order valence-corrected chi connectivity index (χ4v) is 6.33. The van der Waals surface area contributed by atoms with Gasteiger partial charge >= 0.3 is 6.03 Å². The van der Waals surface area contributed by atoms with Gasteiger partial charge in [0.15, 0.2) is 5.76 Å². The zero-order chi connectivity index (χ0) is 32.9. The number of methoxy groups -OCH3 is 1. The molecule has 47 heavy (non-hydrogen) atoms. The molecule has 3 amide bonds. The molecule has 2 heterocycles. The van der Waals surface area contributed by atoms with E-state index in [1.165, 1.54) is 19.3 Å². The number of ether oxygens (including phenoxy) is 2. The van der Waals surface area contributed by atoms with Crippen molar-refractivity contribution >= 4 is 40.4 Å². The second-order valence-corrected chi connectivity index (χ2v) is 12.4. The number of rotatable bonds is 10. The fraction of sp³-hybridized carbons (Fsp3) is 0.324. The van der Waals surface area contributed by atoms with Crippen molar-refractivity contribution in [1.82, 2.24) is 20.5 Å². The molecule has 3 aromatic carbocycles. The lowest BCUT2D eigenvalue weighted by Gasteiger charge is -2.22. The third-order valence-corrected chi connectivity index (χ3v) is 8.80. The van der Waals surface area contributed by atoms with Crippen molar-refractivity contribution in [3.05, 3.63) is 94.9 Å². The third-order valence-electron chi connectivity index (χ3n) is 8.80. The number of fused-ring (bicyclic) bond motifs is 2. The highest BCUT2D eigenvalue weighted by atomic mass is 16.5. The summed E-state index contributed by atoms with van der Waals surface area (Å²) in [4.78, 5) is 45.2. The van der Waals surface area contributed by atoms with E-state index >= 15 is 0 Å². The Morgan fingerprint density at radius 2 is 1.81 bits per heavy atom. The Morgan fingerprint density at radius 3 is 2.55 bits per heavy atom. The van der Waals surface area contributed by atoms with Gasteiger partial charge in [0, 0.05) is 40.0 Å². The molecule has 6 rings (SSSR count). The Kier molecular flexibility index (Phi) is 9.58. The molecule has 0 radical (unpaired) electrons. The van der Waals surface area contributed by atoms with Gasteiger partial charge in [0.2, 0.25) is 5.78 Å². The summed E-state index contributed by atoms with van der Waals surface area (Å²) in [5.74, 6) is 1.24. The van der Waals surface area contributed by atoms with Gasteiger partial charge in [-0.2, -0.15) is 0 Å². The van der Waals surface area contributed by atoms with Crippen molar-refractivity contribution in [3.63, 3.8) is 0 Å². The molecule has 1 aliphatic heterocycles. The lowest BCUT2D eigenvalue weighted by Crippen LogP contribution is -2.50. The number of nitrogens with zero attached hydrogens (tertiary/aromatic N) is 1. The van der Waals surface area contributed by atoms with Gasteiger partial charge in [-0.1, -0.05) is 37.5 Å². The summed E-state index contributed by atoms with van der Waals surface area (Å²) in [6.07, 6.45) is 7.51. The number of aromatic amines is 1. The average molecular weight is 636 g/mol. The highest BCUT2D eigenvalue weighted by molar-refractivity contribution is 6.16. The average Bonchev–Trinajstić information content (AvgIpc) is 3.60. The smallest absolute Gasteiger partial charge is 0.320 e. The molecule has 4 aromatic rings. The molecule has 1 unspecified atom stereocenters. The standard InChI is InChI=1S/C37H41N5O5/c1-42(2)19-18-33(40-36(44)24-12-8-5-9-13-24)41-37(45)38-25-14-17-31-29(20-25)35(43)32(47-31)22-28-27-21-26(46-3)15-16-30(27)39-34(28)23-10-6-4-7-11-23/h5,8-9,12-17,20-23,33,39H,4,6-7,10-11,18-19H2,1-3H3,(H,40,44)(H2,38,41,45)/b32-22-. The number of anilines is 1. The summed E-state index contributed by atoms with van der Waals surface area (Å²) < 4.78 is 11.6. The van der Waals surface area contributed by atoms with Gasteiger partial charge in [0.05, 0.1) is 12.7 Å². The number of urea groups is 1. The fourth-order valence-electron chi connectivity index (χ4n) is 6.33. The first kappa shape index (κ1) is 31.9. The Hall–Kier alpha value is -5.09. The van der Waals surface area contributed by atoms with Crippen LogP contribution in [0.2, 0.25) is 0 Å². The van der Waals surface area contributed by atoms with E-state index in [0.29, 0.717) is 41.4 Å². The number of allylic oxidation sites excluding steroid dienone is 1. The second kappa shape index (κ2) is 14.1. The zero-order valence-electron chi connectivity index (χ0n) is 27.0. The third kappa shape index (κ3) is 7.33. The molecule has 0 bridgehead atoms. The molecule has 0 spiro atoms. The largest absolute Gasteiger partial charge is 0.497 e. The topological polar surface area (TPSA) is 125 Å². The van der Waals surface area contributed by atoms with E-state index < -0.39 is 12.2 Å². The minimum atomic E-state index is -0.618. The summed E-state index contributed by atoms with van der Waals surface area (Å²) >= 11 is 0. The maximum atomic E-state index is 13.7. The van der Waals surface area contributed by atoms with E-state index in [9.17, 15) is 14.4 Å². The van der Waals surface area contributed by atoms with E-state index in [1.54, 1.807) is 49.6 Å². The minimum Gasteiger partial charge on any atom is -0.497 e. The number of carbonyl (C=O) groups excluding carboxylic acids is 3. The summed E-state index contributed by atoms with van der Waals surface area (Å²) in [5, 5.41) is 9.54. The van der Waals surface area contributed by atoms with Crippen LogP contribution in [0.25, 0.3) is 17.0 Å². The number of benzene rings is 3. The first-order valence-electron chi connectivity index (χ1n) is 16.1. The quantitative estimate of drug-likeness (QED) is 0.114. The van der Waals surface area contributed by atoms with Crippen LogP contribution in [-0.2, 0) is 0 Å². The molecule has 1 saturated carbocycles. The Morgan fingerprint density at radius 1 is 1.02 bits per heavy atom. The molecular formula is C37H41N5O5. The monoisotopic (exact) mass is 635 g/mol. The number of aromatic nitrogens is 1. The van der Waals surface area contributed by atoms with E-state index in [1.807, 2.05) is 49.3 Å². The SMILES string of the molecule is COc1ccc2[nH]c(C3CCCCC3)c(/C=C3\Oc4ccc(NC(=O)NC(CCN(C)C)NC(=O)c5ccccc5)cc4C3=O)c2c1. The maximum absolute atomic E-state index is 13.7. The number of amides is 3. The van der Waals surface area contributed by atoms with Crippen LogP contribution in [0.3, 0.4) is 0 Å². The summed E-state index contributed by atoms with van der Waals surface area (Å²) in [7, 11) is 5.49. The first-order chi connectivity index (χ1) is 22.8. The summed E-state index contributed by atoms with van der Waals surface area (Å²) in [6.45, 7) is 0.644. The van der Waals surface area contributed by atoms with Crippen LogP contribution < -0.4 is 25.4 Å². The van der Waals surface area contributed by atoms with Gasteiger partial charge in [-0.3, -0.25) is 9.59 Å². The van der Waals surface area contributed by atoms with Crippen LogP contribution >= 0.6 is 0 Å². The summed E-state index contributed by atoms with van der Waals surface area (Å²) in [6, 6.07) is 19.3. The van der Waals surface area contributed by atoms with E-state index in [-0.39, 0.29) is 17.4 Å². The van der Waals surface area contributed by atoms with Crippen LogP contribution in [-0.4, -0.2) is 61.5 Å². The van der Waals surface area contributed by atoms with Crippen LogP contribution in [0.5, 0.6) is 11.5 Å². The maximum Gasteiger partial charge on any atom is 0.320 e. The molecular weight excluding hydrogens is 594 g/mol. The van der Waals surface area contributed by atoms with E-state index in [2.05, 4.69) is 20.9 Å². The number of carbonyl (C=O) groups is 3. The van der Waals surface area contributed by atoms with Gasteiger partial charge in [-0.05, 0) is 93.9 Å². The van der Waals surface area contributed by atoms with Gasteiger partial charge in [0.25, 0.3) is 5.91 Å². The van der Waals surface area contributed by atoms with Gasteiger partial charge < -0.3 is 35.3 Å². The number of hydrogen-bond acceptors (Lipinski definition) is 6. The predicted molar refractivity (Wildman–Crippen MR) is 183 cm³/mol. The minimum absolute atomic E-state index is 0.231. The van der Waals surface area contributed by atoms with Crippen molar-refractivity contribution < 1.29 is 23.9 Å². The van der Waals surface area contributed by atoms with Gasteiger partial charge in [0.1, 0.15) is 17.7 Å². The molecule has 0 saturated heterocycles. The molecule has 10 nitrogen and oxygen atoms in total. The molecule has 1 atom stereocenters. The predicted octanol–water partition coefficient (Wildman–Crippen LogP) is 6.67. The highest BCUT2D eigenvalue weighted by Gasteiger charge is 2.30. The van der Waals surface area contributed by atoms with Crippen LogP contribution in [0, 0.1) is 0 Å². The van der Waals surface area contributed by atoms with E-state index in [0.717, 1.165) is 40.8 Å². The number of H-pyrrole nitrogens is 1. The molecule has 1 fully saturated rings. The van der Waals surface area contributed by atoms with Crippen LogP contribution in [0.15, 0.2) is 72.5 Å². The van der Waals surface area contributed by atoms with Crippen LogP contribution in [0.1, 0.15) is 76.4 Å². The van der Waals surface area contributed by atoms with Crippen LogP contribution in [0.4, 0.5) is 10.5 Å². The molecule has 244 valence electrons. The van der Waals surface area contributed by atoms with E-state index in [4.69, 9.17) is 9.47 Å². The zero-order valence-corrected chi connectivity index (χ0v) is 27.0. The number of ketones is 1. The van der Waals surface area contributed by atoms with Gasteiger partial charge in [-0.25, -0.2) is 4.79 Å². The van der Waals surface area contributed by atoms with Crippen molar-refractivity contribution in [2.24, 2.45) is 0 Å². The van der Waals surface area contributed by atoms with Crippen molar-refractivity contribution in [1.29, 1.82) is 0 Å².